The normalized spacial score (nSPS) is 21.5. The highest BCUT2D eigenvalue weighted by Gasteiger charge is 2.32. The molecule has 0 radical (unpaired) electrons. The minimum atomic E-state index is 0.271. The van der Waals surface area contributed by atoms with Crippen LogP contribution in [0.2, 0.25) is 0 Å². The lowest BCUT2D eigenvalue weighted by molar-refractivity contribution is -0.134. The number of hydrogen-bond donors (Lipinski definition) is 0. The van der Waals surface area contributed by atoms with E-state index in [2.05, 4.69) is 15.1 Å². The first-order valence-corrected chi connectivity index (χ1v) is 8.81. The molecule has 0 N–H and O–H groups in total. The van der Waals surface area contributed by atoms with E-state index in [1.807, 2.05) is 17.0 Å². The van der Waals surface area contributed by atoms with Crippen LogP contribution in [0.15, 0.2) is 29.0 Å². The van der Waals surface area contributed by atoms with E-state index in [0.29, 0.717) is 17.7 Å². The van der Waals surface area contributed by atoms with Crippen molar-refractivity contribution in [3.8, 4) is 11.5 Å². The van der Waals surface area contributed by atoms with E-state index >= 15 is 0 Å². The number of carbonyl (C=O) groups excluding carboxylic acids is 1. The maximum atomic E-state index is 12.5. The van der Waals surface area contributed by atoms with Crippen molar-refractivity contribution in [2.45, 2.75) is 38.5 Å². The molecule has 6 heteroatoms. The number of aromatic nitrogens is 3. The van der Waals surface area contributed by atoms with Gasteiger partial charge in [0.2, 0.25) is 5.91 Å². The molecule has 1 aliphatic heterocycles. The number of amides is 1. The minimum absolute atomic E-state index is 0.271. The van der Waals surface area contributed by atoms with Crippen LogP contribution in [-0.2, 0) is 11.2 Å². The Kier molecular flexibility index (Phi) is 4.28. The van der Waals surface area contributed by atoms with Gasteiger partial charge in [0.25, 0.3) is 5.89 Å². The first-order chi connectivity index (χ1) is 11.8. The summed E-state index contributed by atoms with van der Waals surface area (Å²) in [4.78, 5) is 23.0. The van der Waals surface area contributed by atoms with E-state index in [0.717, 1.165) is 50.2 Å². The van der Waals surface area contributed by atoms with Gasteiger partial charge in [0, 0.05) is 43.4 Å². The molecule has 2 aromatic rings. The zero-order chi connectivity index (χ0) is 16.4. The molecule has 3 heterocycles. The van der Waals surface area contributed by atoms with Crippen molar-refractivity contribution in [1.82, 2.24) is 20.0 Å². The fourth-order valence-electron chi connectivity index (χ4n) is 3.84. The Morgan fingerprint density at radius 3 is 2.79 bits per heavy atom. The van der Waals surface area contributed by atoms with Crippen molar-refractivity contribution in [3.05, 3.63) is 30.4 Å². The van der Waals surface area contributed by atoms with Crippen LogP contribution in [-0.4, -0.2) is 39.0 Å². The van der Waals surface area contributed by atoms with Crippen molar-refractivity contribution in [2.75, 3.05) is 13.1 Å². The quantitative estimate of drug-likeness (QED) is 0.864. The molecular weight excluding hydrogens is 304 g/mol. The lowest BCUT2D eigenvalue weighted by Gasteiger charge is -2.20. The Morgan fingerprint density at radius 1 is 1.21 bits per heavy atom. The van der Waals surface area contributed by atoms with E-state index < -0.39 is 0 Å². The third kappa shape index (κ3) is 3.18. The van der Waals surface area contributed by atoms with Crippen LogP contribution in [0.4, 0.5) is 0 Å². The Hall–Kier alpha value is -2.24. The Bertz CT molecular complexity index is 694. The standard InChI is InChI=1S/C18H22N4O2/c23-18(15-3-1-2-4-15)22-10-7-13(12-22)11-16-20-17(24-21-16)14-5-8-19-9-6-14/h5-6,8-9,13,15H,1-4,7,10-12H2/t13-/m1/s1. The summed E-state index contributed by atoms with van der Waals surface area (Å²) in [7, 11) is 0. The van der Waals surface area contributed by atoms with Gasteiger partial charge in [-0.1, -0.05) is 18.0 Å². The summed E-state index contributed by atoms with van der Waals surface area (Å²) in [6.45, 7) is 1.70. The lowest BCUT2D eigenvalue weighted by Crippen LogP contribution is -2.33. The van der Waals surface area contributed by atoms with Crippen LogP contribution in [0.25, 0.3) is 11.5 Å². The molecule has 1 saturated carbocycles. The van der Waals surface area contributed by atoms with Gasteiger partial charge in [0.15, 0.2) is 5.82 Å². The SMILES string of the molecule is O=C(C1CCCC1)N1CC[C@H](Cc2noc(-c3ccncc3)n2)C1. The minimum Gasteiger partial charge on any atom is -0.342 e. The van der Waals surface area contributed by atoms with Crippen molar-refractivity contribution in [3.63, 3.8) is 0 Å². The van der Waals surface area contributed by atoms with Gasteiger partial charge in [0.1, 0.15) is 0 Å². The second-order valence-corrected chi connectivity index (χ2v) is 6.88. The molecule has 1 atom stereocenters. The number of carbonyl (C=O) groups is 1. The smallest absolute Gasteiger partial charge is 0.258 e. The average Bonchev–Trinajstić information content (AvgIpc) is 3.37. The van der Waals surface area contributed by atoms with Crippen molar-refractivity contribution in [1.29, 1.82) is 0 Å². The first-order valence-electron chi connectivity index (χ1n) is 8.81. The third-order valence-corrected chi connectivity index (χ3v) is 5.17. The largest absolute Gasteiger partial charge is 0.342 e. The zero-order valence-corrected chi connectivity index (χ0v) is 13.7. The summed E-state index contributed by atoms with van der Waals surface area (Å²) in [6.07, 6.45) is 9.76. The summed E-state index contributed by atoms with van der Waals surface area (Å²) in [5.41, 5.74) is 0.883. The molecule has 2 aliphatic rings. The van der Waals surface area contributed by atoms with E-state index in [1.54, 1.807) is 12.4 Å². The van der Waals surface area contributed by atoms with Gasteiger partial charge in [-0.25, -0.2) is 0 Å². The van der Waals surface area contributed by atoms with Crippen LogP contribution in [0.1, 0.15) is 37.9 Å². The Labute approximate surface area is 141 Å². The second kappa shape index (κ2) is 6.71. The molecule has 2 fully saturated rings. The maximum Gasteiger partial charge on any atom is 0.258 e. The maximum absolute atomic E-state index is 12.5. The monoisotopic (exact) mass is 326 g/mol. The number of hydrogen-bond acceptors (Lipinski definition) is 5. The molecular formula is C18H22N4O2. The number of nitrogens with zero attached hydrogens (tertiary/aromatic N) is 4. The Balaban J connectivity index is 1.35. The predicted octanol–water partition coefficient (Wildman–Crippen LogP) is 2.71. The molecule has 24 heavy (non-hydrogen) atoms. The van der Waals surface area contributed by atoms with Crippen LogP contribution in [0.3, 0.4) is 0 Å². The molecule has 1 aliphatic carbocycles. The summed E-state index contributed by atoms with van der Waals surface area (Å²) in [5.74, 6) is 2.32. The third-order valence-electron chi connectivity index (χ3n) is 5.17. The van der Waals surface area contributed by atoms with Gasteiger partial charge in [0.05, 0.1) is 0 Å². The summed E-state index contributed by atoms with van der Waals surface area (Å²) >= 11 is 0. The molecule has 0 spiro atoms. The average molecular weight is 326 g/mol. The fraction of sp³-hybridized carbons (Fsp3) is 0.556. The highest BCUT2D eigenvalue weighted by molar-refractivity contribution is 5.79. The van der Waals surface area contributed by atoms with Gasteiger partial charge in [-0.3, -0.25) is 9.78 Å². The lowest BCUT2D eigenvalue weighted by atomic mass is 10.0. The topological polar surface area (TPSA) is 72.1 Å². The van der Waals surface area contributed by atoms with Gasteiger partial charge in [-0.15, -0.1) is 0 Å². The van der Waals surface area contributed by atoms with E-state index in [-0.39, 0.29) is 5.92 Å². The molecule has 0 unspecified atom stereocenters. The molecule has 0 bridgehead atoms. The number of pyridine rings is 1. The zero-order valence-electron chi connectivity index (χ0n) is 13.7. The van der Waals surface area contributed by atoms with Crippen LogP contribution in [0, 0.1) is 11.8 Å². The highest BCUT2D eigenvalue weighted by Crippen LogP contribution is 2.29. The number of rotatable bonds is 4. The highest BCUT2D eigenvalue weighted by atomic mass is 16.5. The molecule has 6 nitrogen and oxygen atoms in total. The summed E-state index contributed by atoms with van der Waals surface area (Å²) in [5, 5.41) is 4.09. The van der Waals surface area contributed by atoms with Crippen LogP contribution >= 0.6 is 0 Å². The molecule has 0 aromatic carbocycles. The molecule has 1 saturated heterocycles. The first kappa shape index (κ1) is 15.3. The molecule has 1 amide bonds. The van der Waals surface area contributed by atoms with Gasteiger partial charge in [-0.2, -0.15) is 4.98 Å². The summed E-state index contributed by atoms with van der Waals surface area (Å²) < 4.78 is 5.35. The van der Waals surface area contributed by atoms with Crippen LogP contribution in [0.5, 0.6) is 0 Å². The number of likely N-dealkylation sites (tertiary alicyclic amines) is 1. The molecule has 4 rings (SSSR count). The van der Waals surface area contributed by atoms with Gasteiger partial charge >= 0.3 is 0 Å². The van der Waals surface area contributed by atoms with Gasteiger partial charge < -0.3 is 9.42 Å². The second-order valence-electron chi connectivity index (χ2n) is 6.88. The van der Waals surface area contributed by atoms with Crippen molar-refractivity contribution < 1.29 is 9.32 Å². The fourth-order valence-corrected chi connectivity index (χ4v) is 3.84. The van der Waals surface area contributed by atoms with E-state index in [1.165, 1.54) is 12.8 Å². The predicted molar refractivity (Wildman–Crippen MR) is 87.9 cm³/mol. The molecule has 126 valence electrons. The Morgan fingerprint density at radius 2 is 2.00 bits per heavy atom. The van der Waals surface area contributed by atoms with E-state index in [4.69, 9.17) is 4.52 Å². The van der Waals surface area contributed by atoms with E-state index in [9.17, 15) is 4.79 Å². The summed E-state index contributed by atoms with van der Waals surface area (Å²) in [6, 6.07) is 3.71. The van der Waals surface area contributed by atoms with Crippen molar-refractivity contribution in [2.24, 2.45) is 11.8 Å². The van der Waals surface area contributed by atoms with Gasteiger partial charge in [-0.05, 0) is 37.3 Å². The molecule has 2 aromatic heterocycles. The van der Waals surface area contributed by atoms with Crippen LogP contribution < -0.4 is 0 Å². The van der Waals surface area contributed by atoms with Crippen molar-refractivity contribution >= 4 is 5.91 Å².